The topological polar surface area (TPSA) is 67.8 Å². The van der Waals surface area contributed by atoms with Crippen molar-refractivity contribution < 1.29 is 19.4 Å². The summed E-state index contributed by atoms with van der Waals surface area (Å²) in [5.41, 5.74) is 0.378. The molecule has 23 heavy (non-hydrogen) atoms. The lowest BCUT2D eigenvalue weighted by atomic mass is 9.82. The predicted molar refractivity (Wildman–Crippen MR) is 89.0 cm³/mol. The summed E-state index contributed by atoms with van der Waals surface area (Å²) in [5.74, 6) is 0.833. The van der Waals surface area contributed by atoms with Gasteiger partial charge in [0.25, 0.3) is 0 Å². The lowest BCUT2D eigenvalue weighted by Crippen LogP contribution is -2.40. The molecule has 0 aromatic heterocycles. The second kappa shape index (κ2) is 8.20. The molecular formula is C18H27NO4. The molecule has 0 unspecified atom stereocenters. The second-order valence-corrected chi connectivity index (χ2v) is 6.08. The molecule has 1 aliphatic rings. The van der Waals surface area contributed by atoms with Crippen molar-refractivity contribution in [1.29, 1.82) is 0 Å². The van der Waals surface area contributed by atoms with Crippen molar-refractivity contribution in [2.24, 2.45) is 5.41 Å². The van der Waals surface area contributed by atoms with Gasteiger partial charge in [-0.3, -0.25) is 4.79 Å². The van der Waals surface area contributed by atoms with E-state index in [0.717, 1.165) is 36.5 Å². The number of rotatable bonds is 7. The minimum Gasteiger partial charge on any atom is -0.490 e. The molecule has 0 saturated heterocycles. The van der Waals surface area contributed by atoms with E-state index in [1.807, 2.05) is 32.0 Å². The molecule has 0 fully saturated rings. The predicted octanol–water partition coefficient (Wildman–Crippen LogP) is 3.22. The summed E-state index contributed by atoms with van der Waals surface area (Å²) < 4.78 is 11.4. The maximum Gasteiger partial charge on any atom is 0.310 e. The zero-order chi connectivity index (χ0) is 16.7. The van der Waals surface area contributed by atoms with Gasteiger partial charge in [-0.25, -0.2) is 0 Å². The number of carbonyl (C=O) groups is 1. The van der Waals surface area contributed by atoms with Crippen LogP contribution in [0.25, 0.3) is 0 Å². The third-order valence-electron chi connectivity index (χ3n) is 4.66. The van der Waals surface area contributed by atoms with Gasteiger partial charge in [0.15, 0.2) is 11.5 Å². The van der Waals surface area contributed by atoms with E-state index < -0.39 is 11.4 Å². The minimum atomic E-state index is -0.732. The molecule has 2 N–H and O–H groups in total. The average molecular weight is 321 g/mol. The first-order chi connectivity index (χ1) is 11.1. The Kier molecular flexibility index (Phi) is 6.28. The van der Waals surface area contributed by atoms with Gasteiger partial charge in [0.05, 0.1) is 18.6 Å². The van der Waals surface area contributed by atoms with Crippen molar-refractivity contribution in [1.82, 2.24) is 5.32 Å². The Balaban J connectivity index is 1.98. The maximum absolute atomic E-state index is 11.5. The number of ether oxygens (including phenoxy) is 2. The van der Waals surface area contributed by atoms with E-state index in [0.29, 0.717) is 32.5 Å². The number of nitrogens with one attached hydrogen (secondary N) is 1. The number of hydrogen-bond donors (Lipinski definition) is 2. The third kappa shape index (κ3) is 4.38. The van der Waals surface area contributed by atoms with Gasteiger partial charge in [-0.15, -0.1) is 0 Å². The lowest BCUT2D eigenvalue weighted by molar-refractivity contribution is -0.149. The SMILES string of the molecule is CCC(CC)(CNCc1ccc2c(c1)OCCCCO2)C(=O)O. The number of hydrogen-bond acceptors (Lipinski definition) is 4. The number of fused-ring (bicyclic) bond motifs is 1. The van der Waals surface area contributed by atoms with Gasteiger partial charge in [-0.05, 0) is 43.4 Å². The second-order valence-electron chi connectivity index (χ2n) is 6.08. The van der Waals surface area contributed by atoms with Gasteiger partial charge >= 0.3 is 5.97 Å². The lowest BCUT2D eigenvalue weighted by Gasteiger charge is -2.27. The molecular weight excluding hydrogens is 294 g/mol. The molecule has 1 heterocycles. The number of benzene rings is 1. The van der Waals surface area contributed by atoms with Gasteiger partial charge in [-0.1, -0.05) is 19.9 Å². The molecule has 0 bridgehead atoms. The quantitative estimate of drug-likeness (QED) is 0.807. The number of aliphatic carboxylic acids is 1. The third-order valence-corrected chi connectivity index (χ3v) is 4.66. The zero-order valence-electron chi connectivity index (χ0n) is 14.1. The summed E-state index contributed by atoms with van der Waals surface area (Å²) in [5, 5.41) is 12.7. The van der Waals surface area contributed by atoms with Gasteiger partial charge in [0, 0.05) is 13.1 Å². The smallest absolute Gasteiger partial charge is 0.310 e. The molecule has 0 aliphatic carbocycles. The molecule has 0 saturated carbocycles. The maximum atomic E-state index is 11.5. The van der Waals surface area contributed by atoms with Gasteiger partial charge in [0.1, 0.15) is 0 Å². The van der Waals surface area contributed by atoms with E-state index in [2.05, 4.69) is 5.32 Å². The van der Waals surface area contributed by atoms with Gasteiger partial charge < -0.3 is 19.9 Å². The molecule has 0 radical (unpaired) electrons. The summed E-state index contributed by atoms with van der Waals surface area (Å²) in [6.07, 6.45) is 3.24. The molecule has 5 heteroatoms. The van der Waals surface area contributed by atoms with E-state index in [1.54, 1.807) is 0 Å². The van der Waals surface area contributed by atoms with E-state index in [-0.39, 0.29) is 0 Å². The Morgan fingerprint density at radius 3 is 2.43 bits per heavy atom. The van der Waals surface area contributed by atoms with Crippen LogP contribution in [0.3, 0.4) is 0 Å². The molecule has 5 nitrogen and oxygen atoms in total. The van der Waals surface area contributed by atoms with Crippen LogP contribution >= 0.6 is 0 Å². The Labute approximate surface area is 138 Å². The van der Waals surface area contributed by atoms with Crippen molar-refractivity contribution in [2.45, 2.75) is 46.1 Å². The summed E-state index contributed by atoms with van der Waals surface area (Å²) in [4.78, 5) is 11.5. The fourth-order valence-electron chi connectivity index (χ4n) is 2.79. The zero-order valence-corrected chi connectivity index (χ0v) is 14.1. The monoisotopic (exact) mass is 321 g/mol. The summed E-state index contributed by atoms with van der Waals surface area (Å²) in [6.45, 7) is 6.37. The van der Waals surface area contributed by atoms with Crippen molar-refractivity contribution >= 4 is 5.97 Å². The Bertz CT molecular complexity index is 526. The van der Waals surface area contributed by atoms with Crippen molar-refractivity contribution in [3.63, 3.8) is 0 Å². The molecule has 128 valence electrons. The van der Waals surface area contributed by atoms with Crippen LogP contribution in [0.4, 0.5) is 0 Å². The van der Waals surface area contributed by atoms with E-state index >= 15 is 0 Å². The van der Waals surface area contributed by atoms with Gasteiger partial charge in [0.2, 0.25) is 0 Å². The molecule has 2 rings (SSSR count). The van der Waals surface area contributed by atoms with Crippen molar-refractivity contribution in [3.8, 4) is 11.5 Å². The van der Waals surface area contributed by atoms with Crippen LogP contribution in [0.5, 0.6) is 11.5 Å². The summed E-state index contributed by atoms with van der Waals surface area (Å²) in [7, 11) is 0. The van der Waals surface area contributed by atoms with Crippen LogP contribution in [-0.4, -0.2) is 30.8 Å². The highest BCUT2D eigenvalue weighted by molar-refractivity contribution is 5.74. The average Bonchev–Trinajstić information content (AvgIpc) is 2.53. The van der Waals surface area contributed by atoms with E-state index in [4.69, 9.17) is 9.47 Å². The Morgan fingerprint density at radius 2 is 1.83 bits per heavy atom. The van der Waals surface area contributed by atoms with Crippen molar-refractivity contribution in [3.05, 3.63) is 23.8 Å². The van der Waals surface area contributed by atoms with Gasteiger partial charge in [-0.2, -0.15) is 0 Å². The molecule has 0 atom stereocenters. The molecule has 0 spiro atoms. The Hall–Kier alpha value is -1.75. The highest BCUT2D eigenvalue weighted by Crippen LogP contribution is 2.30. The first-order valence-electron chi connectivity index (χ1n) is 8.44. The number of carboxylic acids is 1. The summed E-state index contributed by atoms with van der Waals surface area (Å²) >= 11 is 0. The Morgan fingerprint density at radius 1 is 1.17 bits per heavy atom. The van der Waals surface area contributed by atoms with Crippen LogP contribution in [0.1, 0.15) is 45.1 Å². The minimum absolute atomic E-state index is 0.462. The van der Waals surface area contributed by atoms with E-state index in [1.165, 1.54) is 0 Å². The number of carboxylic acid groups (broad SMARTS) is 1. The molecule has 1 aromatic rings. The van der Waals surface area contributed by atoms with Crippen LogP contribution in [-0.2, 0) is 11.3 Å². The van der Waals surface area contributed by atoms with Crippen LogP contribution in [0.2, 0.25) is 0 Å². The van der Waals surface area contributed by atoms with Crippen LogP contribution < -0.4 is 14.8 Å². The fourth-order valence-corrected chi connectivity index (χ4v) is 2.79. The van der Waals surface area contributed by atoms with Crippen LogP contribution in [0.15, 0.2) is 18.2 Å². The fraction of sp³-hybridized carbons (Fsp3) is 0.611. The van der Waals surface area contributed by atoms with Crippen LogP contribution in [0, 0.1) is 5.41 Å². The summed E-state index contributed by atoms with van der Waals surface area (Å²) in [6, 6.07) is 5.91. The van der Waals surface area contributed by atoms with Crippen molar-refractivity contribution in [2.75, 3.05) is 19.8 Å². The molecule has 0 amide bonds. The largest absolute Gasteiger partial charge is 0.490 e. The highest BCUT2D eigenvalue weighted by atomic mass is 16.5. The standard InChI is InChI=1S/C18H27NO4/c1-3-18(4-2,17(20)21)13-19-12-14-7-8-15-16(11-14)23-10-6-5-9-22-15/h7-8,11,19H,3-6,9-10,12-13H2,1-2H3,(H,20,21). The first-order valence-corrected chi connectivity index (χ1v) is 8.44. The molecule has 1 aliphatic heterocycles. The normalized spacial score (nSPS) is 14.9. The molecule has 1 aromatic carbocycles. The highest BCUT2D eigenvalue weighted by Gasteiger charge is 2.34. The first kappa shape index (κ1) is 17.6. The van der Waals surface area contributed by atoms with E-state index in [9.17, 15) is 9.90 Å².